The van der Waals surface area contributed by atoms with Crippen molar-refractivity contribution in [1.82, 2.24) is 5.06 Å². The third-order valence-corrected chi connectivity index (χ3v) is 5.07. The van der Waals surface area contributed by atoms with E-state index in [9.17, 15) is 24.3 Å². The molecule has 1 amide bonds. The molecule has 25 heavy (non-hydrogen) atoms. The molecule has 0 radical (unpaired) electrons. The lowest BCUT2D eigenvalue weighted by Gasteiger charge is -2.26. The Balaban J connectivity index is 4.98. The van der Waals surface area contributed by atoms with Crippen LogP contribution in [0.15, 0.2) is 28.7 Å². The fourth-order valence-corrected chi connectivity index (χ4v) is 3.37. The lowest BCUT2D eigenvalue weighted by molar-refractivity contribution is -0.174. The van der Waals surface area contributed by atoms with E-state index in [-0.39, 0.29) is 25.6 Å². The number of hydroxylamine groups is 2. The van der Waals surface area contributed by atoms with Crippen molar-refractivity contribution in [2.75, 3.05) is 12.8 Å². The topological polar surface area (TPSA) is 134 Å². The zero-order valence-electron chi connectivity index (χ0n) is 14.6. The van der Waals surface area contributed by atoms with Gasteiger partial charge < -0.3 is 9.63 Å². The highest BCUT2D eigenvalue weighted by Crippen LogP contribution is 2.48. The minimum Gasteiger partial charge on any atom is -0.481 e. The smallest absolute Gasteiger partial charge is 0.352 e. The quantitative estimate of drug-likeness (QED) is 0.175. The van der Waals surface area contributed by atoms with Crippen LogP contribution in [-0.2, 0) is 18.7 Å². The van der Waals surface area contributed by atoms with Crippen LogP contribution in [0.5, 0.6) is 0 Å². The fraction of sp³-hybridized carbons (Fsp3) is 0.600. The lowest BCUT2D eigenvalue weighted by Crippen LogP contribution is -2.40. The second-order valence-corrected chi connectivity index (χ2v) is 7.25. The summed E-state index contributed by atoms with van der Waals surface area (Å²) in [6, 6.07) is -1.05. The van der Waals surface area contributed by atoms with Gasteiger partial charge in [-0.05, 0) is 32.8 Å². The summed E-state index contributed by atoms with van der Waals surface area (Å²) < 4.78 is 16.7. The van der Waals surface area contributed by atoms with Crippen LogP contribution in [0.2, 0.25) is 0 Å². The van der Waals surface area contributed by atoms with Gasteiger partial charge in [0, 0.05) is 17.5 Å². The zero-order chi connectivity index (χ0) is 19.5. The number of carboxylic acid groups (broad SMARTS) is 1. The van der Waals surface area contributed by atoms with Gasteiger partial charge in [0.05, 0.1) is 19.1 Å². The molecular formula is C15H25N2O7P. The van der Waals surface area contributed by atoms with Gasteiger partial charge in [-0.1, -0.05) is 18.2 Å². The first-order chi connectivity index (χ1) is 11.7. The zero-order valence-corrected chi connectivity index (χ0v) is 15.5. The molecule has 9 nitrogen and oxygen atoms in total. The Hall–Kier alpha value is -1.83. The van der Waals surface area contributed by atoms with Gasteiger partial charge in [0.1, 0.15) is 0 Å². The number of amides is 1. The Morgan fingerprint density at radius 2 is 2.00 bits per heavy atom. The van der Waals surface area contributed by atoms with Crippen molar-refractivity contribution < 1.29 is 29.0 Å². The molecule has 142 valence electrons. The minimum absolute atomic E-state index is 0.00743. The Bertz CT molecular complexity index is 574. The summed E-state index contributed by atoms with van der Waals surface area (Å²) >= 11 is 0. The number of carboxylic acids is 1. The number of hydrogen-bond donors (Lipinski definition) is 2. The first kappa shape index (κ1) is 23.2. The standard InChI is InChI=1S/C15H25N2O7P/c1-4-8-12(5-2)13(11-15(19)20)17(22)14(18)9-7-10-25(23,16-21)24-6-3/h4-5,8,13,22H,6-7,9-11H2,1-3H3,(H,19,20)/b8-4-,12-5+. The second kappa shape index (κ2) is 11.7. The Morgan fingerprint density at radius 1 is 1.36 bits per heavy atom. The molecule has 0 aromatic carbocycles. The molecule has 10 heteroatoms. The lowest BCUT2D eigenvalue weighted by atomic mass is 10.0. The fourth-order valence-electron chi connectivity index (χ4n) is 2.15. The van der Waals surface area contributed by atoms with Crippen molar-refractivity contribution in [3.05, 3.63) is 28.7 Å². The molecular weight excluding hydrogens is 351 g/mol. The number of nitrogens with zero attached hydrogens (tertiary/aromatic N) is 2. The summed E-state index contributed by atoms with van der Waals surface area (Å²) in [5, 5.41) is 19.5. The molecule has 0 bridgehead atoms. The summed E-state index contributed by atoms with van der Waals surface area (Å²) in [4.78, 5) is 36.2. The van der Waals surface area contributed by atoms with Crippen molar-refractivity contribution >= 4 is 19.4 Å². The van der Waals surface area contributed by atoms with Crippen LogP contribution in [0.25, 0.3) is 0 Å². The first-order valence-corrected chi connectivity index (χ1v) is 9.61. The third-order valence-electron chi connectivity index (χ3n) is 3.28. The van der Waals surface area contributed by atoms with E-state index in [0.717, 1.165) is 0 Å². The predicted molar refractivity (Wildman–Crippen MR) is 92.4 cm³/mol. The number of aliphatic carboxylic acids is 1. The number of allylic oxidation sites excluding steroid dienone is 2. The van der Waals surface area contributed by atoms with Crippen LogP contribution in [-0.4, -0.2) is 46.1 Å². The van der Waals surface area contributed by atoms with E-state index in [0.29, 0.717) is 10.6 Å². The maximum absolute atomic E-state index is 12.1. The number of hydrogen-bond acceptors (Lipinski definition) is 6. The van der Waals surface area contributed by atoms with Crippen LogP contribution >= 0.6 is 7.52 Å². The van der Waals surface area contributed by atoms with Crippen LogP contribution in [0.1, 0.15) is 40.0 Å². The second-order valence-electron chi connectivity index (χ2n) is 5.10. The van der Waals surface area contributed by atoms with Crippen LogP contribution in [0, 0.1) is 4.91 Å². The highest BCUT2D eigenvalue weighted by Gasteiger charge is 2.28. The Kier molecular flexibility index (Phi) is 10.8. The van der Waals surface area contributed by atoms with Crippen LogP contribution < -0.4 is 0 Å². The molecule has 2 N–H and O–H groups in total. The molecule has 0 saturated carbocycles. The maximum Gasteiger partial charge on any atom is 0.352 e. The largest absolute Gasteiger partial charge is 0.481 e. The van der Waals surface area contributed by atoms with E-state index >= 15 is 0 Å². The summed E-state index contributed by atoms with van der Waals surface area (Å²) in [5.74, 6) is -1.92. The molecule has 0 aliphatic heterocycles. The molecule has 0 aromatic heterocycles. The Labute approximate surface area is 146 Å². The molecule has 2 atom stereocenters. The van der Waals surface area contributed by atoms with Crippen molar-refractivity contribution in [2.45, 2.75) is 46.1 Å². The minimum atomic E-state index is -3.67. The first-order valence-electron chi connectivity index (χ1n) is 7.84. The normalized spacial score (nSPS) is 15.6. The van der Waals surface area contributed by atoms with Gasteiger partial charge in [-0.25, -0.2) is 5.06 Å². The van der Waals surface area contributed by atoms with E-state index in [4.69, 9.17) is 9.63 Å². The number of carbonyl (C=O) groups excluding carboxylic acids is 1. The molecule has 0 spiro atoms. The van der Waals surface area contributed by atoms with Gasteiger partial charge in [-0.2, -0.15) is 0 Å². The van der Waals surface area contributed by atoms with Crippen molar-refractivity contribution in [3.8, 4) is 0 Å². The third kappa shape index (κ3) is 8.20. The monoisotopic (exact) mass is 376 g/mol. The van der Waals surface area contributed by atoms with Crippen LogP contribution in [0.3, 0.4) is 0 Å². The molecule has 0 rings (SSSR count). The average molecular weight is 376 g/mol. The van der Waals surface area contributed by atoms with Crippen LogP contribution in [0.4, 0.5) is 0 Å². The molecule has 0 aliphatic rings. The number of carbonyl (C=O) groups is 2. The highest BCUT2D eigenvalue weighted by atomic mass is 31.2. The summed E-state index contributed by atoms with van der Waals surface area (Å²) in [6.45, 7) is 5.01. The summed E-state index contributed by atoms with van der Waals surface area (Å²) in [5.41, 5.74) is 0.468. The molecule has 0 saturated heterocycles. The van der Waals surface area contributed by atoms with Gasteiger partial charge in [0.15, 0.2) is 0 Å². The van der Waals surface area contributed by atoms with Gasteiger partial charge in [0.2, 0.25) is 5.91 Å². The van der Waals surface area contributed by atoms with Gasteiger partial charge in [-0.3, -0.25) is 19.4 Å². The molecule has 0 heterocycles. The van der Waals surface area contributed by atoms with E-state index in [1.165, 1.54) is 0 Å². The summed E-state index contributed by atoms with van der Waals surface area (Å²) in [6.07, 6.45) is 3.95. The molecule has 0 aromatic rings. The Morgan fingerprint density at radius 3 is 2.44 bits per heavy atom. The SMILES string of the molecule is C/C=C\C(=C/C)C(CC(=O)O)N(O)C(=O)CCCP(=O)(N=O)OCC. The van der Waals surface area contributed by atoms with Gasteiger partial charge in [0.25, 0.3) is 0 Å². The maximum atomic E-state index is 12.1. The molecule has 2 unspecified atom stereocenters. The molecule has 0 aliphatic carbocycles. The van der Waals surface area contributed by atoms with Crippen molar-refractivity contribution in [1.29, 1.82) is 0 Å². The van der Waals surface area contributed by atoms with E-state index in [2.05, 4.69) is 4.95 Å². The van der Waals surface area contributed by atoms with Crippen molar-refractivity contribution in [3.63, 3.8) is 0 Å². The number of rotatable bonds is 12. The van der Waals surface area contributed by atoms with Gasteiger partial charge >= 0.3 is 13.5 Å². The molecule has 0 fully saturated rings. The highest BCUT2D eigenvalue weighted by molar-refractivity contribution is 7.57. The van der Waals surface area contributed by atoms with E-state index < -0.39 is 31.9 Å². The van der Waals surface area contributed by atoms with E-state index in [1.54, 1.807) is 39.0 Å². The summed E-state index contributed by atoms with van der Waals surface area (Å²) in [7, 11) is -3.67. The van der Waals surface area contributed by atoms with E-state index in [1.807, 2.05) is 0 Å². The van der Waals surface area contributed by atoms with Crippen molar-refractivity contribution in [2.24, 2.45) is 4.95 Å². The average Bonchev–Trinajstić information content (AvgIpc) is 2.57. The number of nitroso groups, excluding NO2 is 1. The van der Waals surface area contributed by atoms with Gasteiger partial charge in [-0.15, -0.1) is 4.91 Å². The predicted octanol–water partition coefficient (Wildman–Crippen LogP) is 3.35.